The molecular weight excluding hydrogens is 248 g/mol. The highest BCUT2D eigenvalue weighted by atomic mass is 16.5. The molecule has 1 aliphatic rings. The molecule has 1 atom stereocenters. The third kappa shape index (κ3) is 2.91. The van der Waals surface area contributed by atoms with E-state index in [1.807, 2.05) is 0 Å². The summed E-state index contributed by atoms with van der Waals surface area (Å²) >= 11 is 0. The number of carbonyl (C=O) groups excluding carboxylic acids is 2. The molecular formula is C13H16N2O4. The van der Waals surface area contributed by atoms with Gasteiger partial charge < -0.3 is 20.5 Å². The van der Waals surface area contributed by atoms with Crippen LogP contribution in [0.15, 0.2) is 24.3 Å². The van der Waals surface area contributed by atoms with Gasteiger partial charge in [0.2, 0.25) is 5.91 Å². The number of aliphatic hydroxyl groups is 1. The van der Waals surface area contributed by atoms with Crippen molar-refractivity contribution in [2.24, 2.45) is 5.73 Å². The summed E-state index contributed by atoms with van der Waals surface area (Å²) in [6.07, 6.45) is 0. The number of amides is 2. The molecule has 0 aliphatic carbocycles. The van der Waals surface area contributed by atoms with Crippen molar-refractivity contribution >= 4 is 11.8 Å². The van der Waals surface area contributed by atoms with Gasteiger partial charge in [0.25, 0.3) is 5.91 Å². The smallest absolute Gasteiger partial charge is 0.254 e. The molecule has 3 N–H and O–H groups in total. The van der Waals surface area contributed by atoms with Crippen LogP contribution in [0.3, 0.4) is 0 Å². The lowest BCUT2D eigenvalue weighted by atomic mass is 10.1. The highest BCUT2D eigenvalue weighted by Crippen LogP contribution is 2.13. The van der Waals surface area contributed by atoms with Gasteiger partial charge in [-0.25, -0.2) is 0 Å². The first-order chi connectivity index (χ1) is 9.13. The summed E-state index contributed by atoms with van der Waals surface area (Å²) in [6, 6.07) is 5.84. The van der Waals surface area contributed by atoms with Crippen LogP contribution in [-0.4, -0.2) is 54.2 Å². The maximum Gasteiger partial charge on any atom is 0.254 e. The van der Waals surface area contributed by atoms with Crippen LogP contribution in [0.25, 0.3) is 0 Å². The third-order valence-corrected chi connectivity index (χ3v) is 3.12. The number of primary amides is 1. The van der Waals surface area contributed by atoms with Gasteiger partial charge in [-0.05, 0) is 24.3 Å². The summed E-state index contributed by atoms with van der Waals surface area (Å²) in [4.78, 5) is 24.8. The van der Waals surface area contributed by atoms with Crippen LogP contribution in [0.5, 0.6) is 0 Å². The topological polar surface area (TPSA) is 92.9 Å². The molecule has 1 saturated heterocycles. The molecule has 1 aromatic rings. The van der Waals surface area contributed by atoms with Crippen LogP contribution in [0, 0.1) is 0 Å². The lowest BCUT2D eigenvalue weighted by molar-refractivity contribution is -0.0183. The van der Waals surface area contributed by atoms with Crippen molar-refractivity contribution in [2.75, 3.05) is 26.4 Å². The average molecular weight is 264 g/mol. The Bertz CT molecular complexity index is 472. The van der Waals surface area contributed by atoms with Gasteiger partial charge in [-0.1, -0.05) is 0 Å². The van der Waals surface area contributed by atoms with E-state index in [0.29, 0.717) is 30.9 Å². The lowest BCUT2D eigenvalue weighted by Crippen LogP contribution is -2.50. The van der Waals surface area contributed by atoms with Crippen molar-refractivity contribution in [1.82, 2.24) is 4.90 Å². The van der Waals surface area contributed by atoms with Gasteiger partial charge in [-0.2, -0.15) is 0 Å². The maximum absolute atomic E-state index is 12.3. The Morgan fingerprint density at radius 3 is 2.53 bits per heavy atom. The van der Waals surface area contributed by atoms with Gasteiger partial charge in [0, 0.05) is 17.7 Å². The second kappa shape index (κ2) is 5.81. The number of hydrogen-bond donors (Lipinski definition) is 2. The summed E-state index contributed by atoms with van der Waals surface area (Å²) in [5.74, 6) is -0.711. The van der Waals surface area contributed by atoms with Gasteiger partial charge >= 0.3 is 0 Å². The highest BCUT2D eigenvalue weighted by molar-refractivity contribution is 5.97. The van der Waals surface area contributed by atoms with E-state index in [-0.39, 0.29) is 18.6 Å². The van der Waals surface area contributed by atoms with E-state index in [4.69, 9.17) is 10.5 Å². The fourth-order valence-corrected chi connectivity index (χ4v) is 2.02. The first-order valence-electron chi connectivity index (χ1n) is 6.03. The Labute approximate surface area is 110 Å². The minimum atomic E-state index is -0.529. The minimum absolute atomic E-state index is 0.134. The number of aliphatic hydroxyl groups excluding tert-OH is 1. The number of nitrogens with zero attached hydrogens (tertiary/aromatic N) is 1. The van der Waals surface area contributed by atoms with Crippen LogP contribution in [0.2, 0.25) is 0 Å². The van der Waals surface area contributed by atoms with E-state index < -0.39 is 5.91 Å². The predicted octanol–water partition coefficient (Wildman–Crippen LogP) is -0.381. The molecule has 0 saturated carbocycles. The summed E-state index contributed by atoms with van der Waals surface area (Å²) in [6.45, 7) is 1.11. The van der Waals surface area contributed by atoms with Crippen molar-refractivity contribution < 1.29 is 19.4 Å². The number of rotatable bonds is 3. The Morgan fingerprint density at radius 1 is 1.32 bits per heavy atom. The van der Waals surface area contributed by atoms with Crippen LogP contribution < -0.4 is 5.73 Å². The van der Waals surface area contributed by atoms with Crippen LogP contribution in [0.1, 0.15) is 20.7 Å². The third-order valence-electron chi connectivity index (χ3n) is 3.12. The SMILES string of the molecule is NC(=O)c1ccc(C(=O)N2CCOCC2CO)cc1. The van der Waals surface area contributed by atoms with Crippen molar-refractivity contribution in [1.29, 1.82) is 0 Å². The number of hydrogen-bond acceptors (Lipinski definition) is 4. The number of benzene rings is 1. The molecule has 0 radical (unpaired) electrons. The standard InChI is InChI=1S/C13H16N2O4/c14-12(17)9-1-3-10(4-2-9)13(18)15-5-6-19-8-11(15)7-16/h1-4,11,16H,5-8H2,(H2,14,17). The molecule has 1 unspecified atom stereocenters. The summed E-state index contributed by atoms with van der Waals surface area (Å²) in [7, 11) is 0. The molecule has 6 heteroatoms. The zero-order chi connectivity index (χ0) is 13.8. The number of ether oxygens (including phenoxy) is 1. The van der Waals surface area contributed by atoms with Gasteiger partial charge in [0.15, 0.2) is 0 Å². The predicted molar refractivity (Wildman–Crippen MR) is 67.7 cm³/mol. The highest BCUT2D eigenvalue weighted by Gasteiger charge is 2.27. The van der Waals surface area contributed by atoms with Gasteiger partial charge in [0.05, 0.1) is 25.9 Å². The minimum Gasteiger partial charge on any atom is -0.394 e. The number of morpholine rings is 1. The molecule has 102 valence electrons. The van der Waals surface area contributed by atoms with Crippen molar-refractivity contribution in [3.8, 4) is 0 Å². The van der Waals surface area contributed by atoms with E-state index in [2.05, 4.69) is 0 Å². The zero-order valence-corrected chi connectivity index (χ0v) is 10.4. The number of nitrogens with two attached hydrogens (primary N) is 1. The molecule has 0 spiro atoms. The molecule has 0 aromatic heterocycles. The Balaban J connectivity index is 2.16. The van der Waals surface area contributed by atoms with E-state index in [9.17, 15) is 14.7 Å². The Kier molecular flexibility index (Phi) is 4.13. The molecule has 2 rings (SSSR count). The van der Waals surface area contributed by atoms with Gasteiger partial charge in [-0.3, -0.25) is 9.59 Å². The fourth-order valence-electron chi connectivity index (χ4n) is 2.02. The molecule has 1 fully saturated rings. The van der Waals surface area contributed by atoms with Crippen molar-refractivity contribution in [3.63, 3.8) is 0 Å². The first kappa shape index (κ1) is 13.5. The summed E-state index contributed by atoms with van der Waals surface area (Å²) < 4.78 is 5.22. The van der Waals surface area contributed by atoms with Gasteiger partial charge in [-0.15, -0.1) is 0 Å². The molecule has 1 aliphatic heterocycles. The second-order valence-corrected chi connectivity index (χ2v) is 4.35. The molecule has 6 nitrogen and oxygen atoms in total. The van der Waals surface area contributed by atoms with Crippen molar-refractivity contribution in [2.45, 2.75) is 6.04 Å². The Morgan fingerprint density at radius 2 is 1.95 bits per heavy atom. The first-order valence-corrected chi connectivity index (χ1v) is 6.03. The average Bonchev–Trinajstić information content (AvgIpc) is 2.46. The Hall–Kier alpha value is -1.92. The van der Waals surface area contributed by atoms with Crippen LogP contribution in [0.4, 0.5) is 0 Å². The van der Waals surface area contributed by atoms with Gasteiger partial charge in [0.1, 0.15) is 0 Å². The summed E-state index contributed by atoms with van der Waals surface area (Å²) in [5.41, 5.74) is 5.96. The second-order valence-electron chi connectivity index (χ2n) is 4.35. The monoisotopic (exact) mass is 264 g/mol. The molecule has 19 heavy (non-hydrogen) atoms. The fraction of sp³-hybridized carbons (Fsp3) is 0.385. The quantitative estimate of drug-likeness (QED) is 0.778. The zero-order valence-electron chi connectivity index (χ0n) is 10.4. The van der Waals surface area contributed by atoms with E-state index in [1.165, 1.54) is 12.1 Å². The molecule has 2 amide bonds. The molecule has 1 heterocycles. The number of carbonyl (C=O) groups is 2. The maximum atomic E-state index is 12.3. The normalized spacial score (nSPS) is 19.2. The lowest BCUT2D eigenvalue weighted by Gasteiger charge is -2.34. The summed E-state index contributed by atoms with van der Waals surface area (Å²) in [5, 5.41) is 9.24. The van der Waals surface area contributed by atoms with E-state index in [0.717, 1.165) is 0 Å². The van der Waals surface area contributed by atoms with Crippen molar-refractivity contribution in [3.05, 3.63) is 35.4 Å². The molecule has 1 aromatic carbocycles. The van der Waals surface area contributed by atoms with E-state index >= 15 is 0 Å². The molecule has 0 bridgehead atoms. The van der Waals surface area contributed by atoms with E-state index in [1.54, 1.807) is 17.0 Å². The largest absolute Gasteiger partial charge is 0.394 e. The van der Waals surface area contributed by atoms with Crippen LogP contribution in [-0.2, 0) is 4.74 Å². The van der Waals surface area contributed by atoms with Crippen LogP contribution >= 0.6 is 0 Å².